The summed E-state index contributed by atoms with van der Waals surface area (Å²) in [6, 6.07) is 8.19. The molecule has 168 valence electrons. The van der Waals surface area contributed by atoms with Crippen molar-refractivity contribution in [3.05, 3.63) is 47.5 Å². The number of piperidine rings is 1. The summed E-state index contributed by atoms with van der Waals surface area (Å²) < 4.78 is 26.1. The maximum absolute atomic E-state index is 14.4. The molecule has 2 N–H and O–H groups in total. The molecule has 0 atom stereocenters. The molecule has 4 rings (SSSR count). The van der Waals surface area contributed by atoms with Gasteiger partial charge in [0.15, 0.2) is 17.3 Å². The molecule has 1 aliphatic heterocycles. The lowest BCUT2D eigenvalue weighted by molar-refractivity contribution is -0.138. The van der Waals surface area contributed by atoms with Crippen LogP contribution < -0.4 is 14.8 Å². The Kier molecular flexibility index (Phi) is 6.57. The molecular formula is C22H22ClFN4O4. The van der Waals surface area contributed by atoms with Gasteiger partial charge in [0.25, 0.3) is 0 Å². The van der Waals surface area contributed by atoms with E-state index in [9.17, 15) is 9.18 Å². The first kappa shape index (κ1) is 22.0. The highest BCUT2D eigenvalue weighted by atomic mass is 35.5. The zero-order valence-corrected chi connectivity index (χ0v) is 18.1. The number of rotatable bonds is 7. The van der Waals surface area contributed by atoms with E-state index in [-0.39, 0.29) is 23.4 Å². The van der Waals surface area contributed by atoms with Crippen LogP contribution >= 0.6 is 11.6 Å². The van der Waals surface area contributed by atoms with Crippen LogP contribution in [0.15, 0.2) is 36.7 Å². The normalized spacial score (nSPS) is 15.0. The minimum absolute atomic E-state index is 0.00768. The molecule has 0 radical (unpaired) electrons. The number of hydrogen-bond acceptors (Lipinski definition) is 7. The number of fused-ring (bicyclic) bond motifs is 1. The number of nitrogens with zero attached hydrogens (tertiary/aromatic N) is 3. The van der Waals surface area contributed by atoms with E-state index in [1.165, 1.54) is 12.4 Å². The maximum atomic E-state index is 14.4. The Hall–Kier alpha value is -3.17. The number of carbonyl (C=O) groups is 1. The lowest BCUT2D eigenvalue weighted by atomic mass is 10.1. The monoisotopic (exact) mass is 460 g/mol. The average Bonchev–Trinajstić information content (AvgIpc) is 2.78. The SMILES string of the molecule is COc1cc2ncnc(Nc3cccc(Cl)c3F)c2cc1OC1CCN(CC(=O)O)CC1. The molecular weight excluding hydrogens is 439 g/mol. The van der Waals surface area contributed by atoms with Crippen LogP contribution in [0.3, 0.4) is 0 Å². The highest BCUT2D eigenvalue weighted by Crippen LogP contribution is 2.36. The predicted octanol–water partition coefficient (Wildman–Crippen LogP) is 4.10. The van der Waals surface area contributed by atoms with E-state index in [4.69, 9.17) is 26.2 Å². The molecule has 1 aliphatic rings. The second-order valence-corrected chi connectivity index (χ2v) is 7.86. The van der Waals surface area contributed by atoms with Gasteiger partial charge >= 0.3 is 5.97 Å². The van der Waals surface area contributed by atoms with Gasteiger partial charge in [-0.3, -0.25) is 9.69 Å². The summed E-state index contributed by atoms with van der Waals surface area (Å²) in [6.45, 7) is 1.30. The number of benzene rings is 2. The van der Waals surface area contributed by atoms with Gasteiger partial charge in [-0.1, -0.05) is 17.7 Å². The average molecular weight is 461 g/mol. The van der Waals surface area contributed by atoms with E-state index in [2.05, 4.69) is 15.3 Å². The lowest BCUT2D eigenvalue weighted by Crippen LogP contribution is -2.40. The van der Waals surface area contributed by atoms with Crippen molar-refractivity contribution in [3.8, 4) is 11.5 Å². The molecule has 0 saturated carbocycles. The molecule has 1 fully saturated rings. The Morgan fingerprint density at radius 3 is 2.78 bits per heavy atom. The van der Waals surface area contributed by atoms with E-state index in [1.807, 2.05) is 4.90 Å². The number of carboxylic acid groups (broad SMARTS) is 1. The number of carboxylic acids is 1. The van der Waals surface area contributed by atoms with E-state index in [0.29, 0.717) is 54.2 Å². The Bertz CT molecular complexity index is 1140. The molecule has 0 unspecified atom stereocenters. The van der Waals surface area contributed by atoms with Crippen LogP contribution in [0.5, 0.6) is 11.5 Å². The van der Waals surface area contributed by atoms with Crippen LogP contribution in [0.1, 0.15) is 12.8 Å². The number of anilines is 2. The number of methoxy groups -OCH3 is 1. The highest BCUT2D eigenvalue weighted by molar-refractivity contribution is 6.31. The summed E-state index contributed by atoms with van der Waals surface area (Å²) in [5.41, 5.74) is 0.798. The summed E-state index contributed by atoms with van der Waals surface area (Å²) in [7, 11) is 1.55. The molecule has 1 saturated heterocycles. The van der Waals surface area contributed by atoms with Gasteiger partial charge in [-0.25, -0.2) is 14.4 Å². The number of aromatic nitrogens is 2. The van der Waals surface area contributed by atoms with Crippen molar-refractivity contribution in [2.45, 2.75) is 18.9 Å². The summed E-state index contributed by atoms with van der Waals surface area (Å²) in [4.78, 5) is 21.3. The Morgan fingerprint density at radius 2 is 2.06 bits per heavy atom. The fourth-order valence-corrected chi connectivity index (χ4v) is 3.87. The van der Waals surface area contributed by atoms with Gasteiger partial charge in [0.1, 0.15) is 18.2 Å². The molecule has 0 aliphatic carbocycles. The number of aliphatic carboxylic acids is 1. The van der Waals surface area contributed by atoms with E-state index < -0.39 is 11.8 Å². The van der Waals surface area contributed by atoms with E-state index >= 15 is 0 Å². The molecule has 2 aromatic carbocycles. The molecule has 3 aromatic rings. The van der Waals surface area contributed by atoms with Gasteiger partial charge in [0.2, 0.25) is 0 Å². The van der Waals surface area contributed by atoms with Crippen molar-refractivity contribution in [2.24, 2.45) is 0 Å². The van der Waals surface area contributed by atoms with Crippen LogP contribution in [0.4, 0.5) is 15.9 Å². The third-order valence-electron chi connectivity index (χ3n) is 5.31. The van der Waals surface area contributed by atoms with Crippen molar-refractivity contribution in [2.75, 3.05) is 32.1 Å². The lowest BCUT2D eigenvalue weighted by Gasteiger charge is -2.31. The zero-order chi connectivity index (χ0) is 22.7. The van der Waals surface area contributed by atoms with Gasteiger partial charge in [0, 0.05) is 24.5 Å². The topological polar surface area (TPSA) is 96.8 Å². The molecule has 8 nitrogen and oxygen atoms in total. The van der Waals surface area contributed by atoms with Crippen molar-refractivity contribution in [1.82, 2.24) is 14.9 Å². The predicted molar refractivity (Wildman–Crippen MR) is 119 cm³/mol. The van der Waals surface area contributed by atoms with Gasteiger partial charge < -0.3 is 19.9 Å². The van der Waals surface area contributed by atoms with E-state index in [1.54, 1.807) is 31.4 Å². The van der Waals surface area contributed by atoms with E-state index in [0.717, 1.165) is 0 Å². The maximum Gasteiger partial charge on any atom is 0.317 e. The second kappa shape index (κ2) is 9.54. The van der Waals surface area contributed by atoms with Crippen molar-refractivity contribution in [3.63, 3.8) is 0 Å². The molecule has 32 heavy (non-hydrogen) atoms. The molecule has 10 heteroatoms. The number of halogens is 2. The first-order valence-electron chi connectivity index (χ1n) is 10.1. The van der Waals surface area contributed by atoms with Gasteiger partial charge in [0.05, 0.1) is 29.9 Å². The largest absolute Gasteiger partial charge is 0.493 e. The van der Waals surface area contributed by atoms with Crippen molar-refractivity contribution >= 4 is 40.0 Å². The first-order valence-corrected chi connectivity index (χ1v) is 10.5. The molecule has 2 heterocycles. The number of nitrogens with one attached hydrogen (secondary N) is 1. The summed E-state index contributed by atoms with van der Waals surface area (Å²) in [5, 5.41) is 12.6. The van der Waals surface area contributed by atoms with Gasteiger partial charge in [-0.2, -0.15) is 0 Å². The van der Waals surface area contributed by atoms with Gasteiger partial charge in [-0.05, 0) is 31.0 Å². The molecule has 1 aromatic heterocycles. The minimum atomic E-state index is -0.836. The molecule has 0 spiro atoms. The van der Waals surface area contributed by atoms with Crippen LogP contribution in [0, 0.1) is 5.82 Å². The Balaban J connectivity index is 1.60. The standard InChI is InChI=1S/C22H22ClFN4O4/c1-31-18-10-17-14(9-19(18)32-13-5-7-28(8-6-13)11-20(29)30)22(26-12-25-17)27-16-4-2-3-15(23)21(16)24/h2-4,9-10,12-13H,5-8,11H2,1H3,(H,29,30)(H,25,26,27). The first-order chi connectivity index (χ1) is 15.4. The summed E-state index contributed by atoms with van der Waals surface area (Å²) in [5.74, 6) is 0.0286. The minimum Gasteiger partial charge on any atom is -0.493 e. The van der Waals surface area contributed by atoms with Crippen LogP contribution in [-0.4, -0.2) is 58.8 Å². The van der Waals surface area contributed by atoms with Gasteiger partial charge in [-0.15, -0.1) is 0 Å². The van der Waals surface area contributed by atoms with Crippen LogP contribution in [0.25, 0.3) is 10.9 Å². The van der Waals surface area contributed by atoms with Crippen molar-refractivity contribution in [1.29, 1.82) is 0 Å². The Morgan fingerprint density at radius 1 is 1.28 bits per heavy atom. The smallest absolute Gasteiger partial charge is 0.317 e. The molecule has 0 amide bonds. The summed E-state index contributed by atoms with van der Waals surface area (Å²) in [6.07, 6.45) is 2.68. The third kappa shape index (κ3) is 4.84. The number of ether oxygens (including phenoxy) is 2. The molecule has 0 bridgehead atoms. The summed E-state index contributed by atoms with van der Waals surface area (Å²) >= 11 is 5.89. The quantitative estimate of drug-likeness (QED) is 0.544. The number of hydrogen-bond donors (Lipinski definition) is 2. The van der Waals surface area contributed by atoms with Crippen LogP contribution in [0.2, 0.25) is 5.02 Å². The van der Waals surface area contributed by atoms with Crippen LogP contribution in [-0.2, 0) is 4.79 Å². The third-order valence-corrected chi connectivity index (χ3v) is 5.60. The zero-order valence-electron chi connectivity index (χ0n) is 17.3. The van der Waals surface area contributed by atoms with Crippen molar-refractivity contribution < 1.29 is 23.8 Å². The Labute approximate surface area is 188 Å². The highest BCUT2D eigenvalue weighted by Gasteiger charge is 2.23. The fourth-order valence-electron chi connectivity index (χ4n) is 3.70. The second-order valence-electron chi connectivity index (χ2n) is 7.46. The fraction of sp³-hybridized carbons (Fsp3) is 0.318. The number of likely N-dealkylation sites (tertiary alicyclic amines) is 1.